The molecule has 5 rings (SSSR count). The van der Waals surface area contributed by atoms with E-state index in [4.69, 9.17) is 4.74 Å². The van der Waals surface area contributed by atoms with E-state index in [2.05, 4.69) is 20.6 Å². The minimum Gasteiger partial charge on any atom is -0.487 e. The number of nitrogens with one attached hydrogen (secondary N) is 2. The molecule has 1 fully saturated rings. The summed E-state index contributed by atoms with van der Waals surface area (Å²) in [5.74, 6) is -0.596. The number of pyridine rings is 2. The van der Waals surface area contributed by atoms with E-state index in [0.717, 1.165) is 37.1 Å². The second-order valence-corrected chi connectivity index (χ2v) is 10.2. The van der Waals surface area contributed by atoms with Crippen LogP contribution in [0.1, 0.15) is 56.9 Å². The highest BCUT2D eigenvalue weighted by molar-refractivity contribution is 6.08. The third-order valence-corrected chi connectivity index (χ3v) is 7.04. The Labute approximate surface area is 246 Å². The Morgan fingerprint density at radius 3 is 2.33 bits per heavy atom. The lowest BCUT2D eigenvalue weighted by atomic mass is 10.0. The number of nitrogens with zero attached hydrogens (tertiary/aromatic N) is 3. The molecule has 1 saturated heterocycles. The number of carbonyl (C=O) groups is 2. The van der Waals surface area contributed by atoms with E-state index in [-0.39, 0.29) is 16.8 Å². The molecule has 2 aromatic carbocycles. The molecule has 0 spiro atoms. The number of hydrogen-bond donors (Lipinski definition) is 2. The number of ether oxygens (including phenoxy) is 1. The van der Waals surface area contributed by atoms with Gasteiger partial charge in [-0.15, -0.1) is 0 Å². The van der Waals surface area contributed by atoms with E-state index in [0.29, 0.717) is 42.5 Å². The summed E-state index contributed by atoms with van der Waals surface area (Å²) in [7, 11) is 0. The second-order valence-electron chi connectivity index (χ2n) is 10.2. The van der Waals surface area contributed by atoms with Gasteiger partial charge in [0.1, 0.15) is 12.4 Å². The Morgan fingerprint density at radius 1 is 0.884 bits per heavy atom. The van der Waals surface area contributed by atoms with Gasteiger partial charge >= 0.3 is 6.18 Å². The van der Waals surface area contributed by atoms with Gasteiger partial charge in [0, 0.05) is 36.2 Å². The summed E-state index contributed by atoms with van der Waals surface area (Å²) in [4.78, 5) is 36.5. The maximum Gasteiger partial charge on any atom is 0.416 e. The van der Waals surface area contributed by atoms with Gasteiger partial charge < -0.3 is 20.3 Å². The number of anilines is 3. The predicted molar refractivity (Wildman–Crippen MR) is 157 cm³/mol. The molecule has 2 aromatic heterocycles. The summed E-state index contributed by atoms with van der Waals surface area (Å²) in [6, 6.07) is 17.2. The van der Waals surface area contributed by atoms with Gasteiger partial charge in [-0.1, -0.05) is 6.07 Å². The van der Waals surface area contributed by atoms with Crippen LogP contribution in [0.5, 0.6) is 5.75 Å². The standard InChI is InChI=1S/C32H30F3N5O3/c1-21-29(31(42)38-24-8-10-28(11-9-24)43-20-25-7-3-4-12-36-25)18-26(19-37-21)39-30(41)22-15-23(32(33,34)35)17-27(16-22)40-13-5-2-6-14-40/h3-4,7-12,15-19H,2,5-6,13-14,20H2,1H3,(H,38,42)(H,39,41). The molecule has 0 atom stereocenters. The van der Waals surface area contributed by atoms with Crippen LogP contribution in [0.15, 0.2) is 79.1 Å². The lowest BCUT2D eigenvalue weighted by molar-refractivity contribution is -0.137. The van der Waals surface area contributed by atoms with Crippen molar-refractivity contribution in [1.29, 1.82) is 0 Å². The van der Waals surface area contributed by atoms with E-state index in [1.807, 2.05) is 23.1 Å². The number of hydrogen-bond acceptors (Lipinski definition) is 6. The third kappa shape index (κ3) is 7.68. The van der Waals surface area contributed by atoms with Gasteiger partial charge in [0.15, 0.2) is 0 Å². The fraction of sp³-hybridized carbons (Fsp3) is 0.250. The summed E-state index contributed by atoms with van der Waals surface area (Å²) < 4.78 is 46.8. The fourth-order valence-corrected chi connectivity index (χ4v) is 4.75. The largest absolute Gasteiger partial charge is 0.487 e. The molecule has 43 heavy (non-hydrogen) atoms. The molecule has 2 N–H and O–H groups in total. The number of piperidine rings is 1. The zero-order valence-electron chi connectivity index (χ0n) is 23.4. The lowest BCUT2D eigenvalue weighted by Crippen LogP contribution is -2.30. The minimum absolute atomic E-state index is 0.132. The number of alkyl halides is 3. The van der Waals surface area contributed by atoms with E-state index in [9.17, 15) is 22.8 Å². The Kier molecular flexibility index (Phi) is 8.89. The molecule has 4 aromatic rings. The highest BCUT2D eigenvalue weighted by Crippen LogP contribution is 2.34. The summed E-state index contributed by atoms with van der Waals surface area (Å²) in [5, 5.41) is 5.39. The van der Waals surface area contributed by atoms with Crippen molar-refractivity contribution in [2.75, 3.05) is 28.6 Å². The van der Waals surface area contributed by atoms with Crippen molar-refractivity contribution in [2.45, 2.75) is 39.0 Å². The fourth-order valence-electron chi connectivity index (χ4n) is 4.75. The third-order valence-electron chi connectivity index (χ3n) is 7.04. The smallest absolute Gasteiger partial charge is 0.416 e. The van der Waals surface area contributed by atoms with Crippen molar-refractivity contribution >= 4 is 28.9 Å². The van der Waals surface area contributed by atoms with Crippen LogP contribution in [0, 0.1) is 6.92 Å². The molecular formula is C32H30F3N5O3. The summed E-state index contributed by atoms with van der Waals surface area (Å²) in [6.45, 7) is 3.20. The minimum atomic E-state index is -4.61. The van der Waals surface area contributed by atoms with Crippen molar-refractivity contribution in [3.8, 4) is 5.75 Å². The second kappa shape index (κ2) is 12.9. The molecule has 3 heterocycles. The molecule has 1 aliphatic rings. The Balaban J connectivity index is 1.27. The Bertz CT molecular complexity index is 1590. The Hall–Kier alpha value is -4.93. The number of aryl methyl sites for hydroxylation is 1. The molecule has 0 saturated carbocycles. The number of rotatable bonds is 8. The van der Waals surface area contributed by atoms with Crippen LogP contribution in [0.2, 0.25) is 0 Å². The first-order valence-corrected chi connectivity index (χ1v) is 13.8. The van der Waals surface area contributed by atoms with Gasteiger partial charge in [0.25, 0.3) is 11.8 Å². The van der Waals surface area contributed by atoms with Crippen LogP contribution in [-0.2, 0) is 12.8 Å². The number of benzene rings is 2. The van der Waals surface area contributed by atoms with Crippen LogP contribution in [0.4, 0.5) is 30.2 Å². The van der Waals surface area contributed by atoms with Crippen molar-refractivity contribution in [1.82, 2.24) is 9.97 Å². The van der Waals surface area contributed by atoms with E-state index < -0.39 is 23.6 Å². The van der Waals surface area contributed by atoms with Crippen LogP contribution >= 0.6 is 0 Å². The normalized spacial score (nSPS) is 13.3. The molecule has 0 unspecified atom stereocenters. The first kappa shape index (κ1) is 29.6. The topological polar surface area (TPSA) is 96.5 Å². The van der Waals surface area contributed by atoms with Crippen LogP contribution in [0.25, 0.3) is 0 Å². The molecule has 8 nitrogen and oxygen atoms in total. The zero-order chi connectivity index (χ0) is 30.4. The molecule has 0 bridgehead atoms. The van der Waals surface area contributed by atoms with Crippen LogP contribution < -0.4 is 20.3 Å². The highest BCUT2D eigenvalue weighted by Gasteiger charge is 2.32. The molecule has 2 amide bonds. The highest BCUT2D eigenvalue weighted by atomic mass is 19.4. The molecule has 11 heteroatoms. The van der Waals surface area contributed by atoms with Crippen LogP contribution in [-0.4, -0.2) is 34.9 Å². The quantitative estimate of drug-likeness (QED) is 0.233. The molecule has 0 radical (unpaired) electrons. The molecule has 1 aliphatic heterocycles. The molecular weight excluding hydrogens is 559 g/mol. The number of aromatic nitrogens is 2. The van der Waals surface area contributed by atoms with Crippen molar-refractivity contribution in [2.24, 2.45) is 0 Å². The number of carbonyl (C=O) groups excluding carboxylic acids is 2. The van der Waals surface area contributed by atoms with E-state index in [1.54, 1.807) is 37.4 Å². The van der Waals surface area contributed by atoms with E-state index >= 15 is 0 Å². The van der Waals surface area contributed by atoms with Gasteiger partial charge in [-0.2, -0.15) is 13.2 Å². The Morgan fingerprint density at radius 2 is 1.63 bits per heavy atom. The average molecular weight is 590 g/mol. The predicted octanol–water partition coefficient (Wildman–Crippen LogP) is 6.88. The first-order valence-electron chi connectivity index (χ1n) is 13.8. The van der Waals surface area contributed by atoms with Gasteiger partial charge in [0.05, 0.1) is 34.4 Å². The maximum atomic E-state index is 13.7. The average Bonchev–Trinajstić information content (AvgIpc) is 3.02. The zero-order valence-corrected chi connectivity index (χ0v) is 23.4. The monoisotopic (exact) mass is 589 g/mol. The molecule has 0 aliphatic carbocycles. The summed E-state index contributed by atoms with van der Waals surface area (Å²) in [5.41, 5.74) is 1.42. The summed E-state index contributed by atoms with van der Waals surface area (Å²) >= 11 is 0. The van der Waals surface area contributed by atoms with Gasteiger partial charge in [0.2, 0.25) is 0 Å². The lowest BCUT2D eigenvalue weighted by Gasteiger charge is -2.29. The van der Waals surface area contributed by atoms with Gasteiger partial charge in [-0.3, -0.25) is 19.6 Å². The van der Waals surface area contributed by atoms with Crippen molar-refractivity contribution in [3.05, 3.63) is 107 Å². The maximum absolute atomic E-state index is 13.7. The van der Waals surface area contributed by atoms with Crippen molar-refractivity contribution in [3.63, 3.8) is 0 Å². The van der Waals surface area contributed by atoms with E-state index in [1.165, 1.54) is 18.3 Å². The number of amides is 2. The summed E-state index contributed by atoms with van der Waals surface area (Å²) in [6.07, 6.45) is 1.21. The van der Waals surface area contributed by atoms with Crippen LogP contribution in [0.3, 0.4) is 0 Å². The van der Waals surface area contributed by atoms with Gasteiger partial charge in [-0.25, -0.2) is 0 Å². The number of halogens is 3. The SMILES string of the molecule is Cc1ncc(NC(=O)c2cc(N3CCCCC3)cc(C(F)(F)F)c2)cc1C(=O)Nc1ccc(OCc2ccccn2)cc1. The van der Waals surface area contributed by atoms with Crippen molar-refractivity contribution < 1.29 is 27.5 Å². The first-order chi connectivity index (χ1) is 20.7. The molecule has 222 valence electrons. The van der Waals surface area contributed by atoms with Gasteiger partial charge in [-0.05, 0) is 86.8 Å².